The fourth-order valence-corrected chi connectivity index (χ4v) is 3.29. The van der Waals surface area contributed by atoms with Gasteiger partial charge in [-0.2, -0.15) is 0 Å². The molecule has 2 unspecified atom stereocenters. The average molecular weight is 310 g/mol. The standard InChI is InChI=1S/C14H22N4O2S/c1-5-6-7-18-10-11(15-14(18)21-8-9(2)3)17(4)13(20)16-12(10)19/h5-6,9-11H,7-8H2,1-4H3,(H,16,19,20)/b6-5+. The van der Waals surface area contributed by atoms with E-state index in [2.05, 4.69) is 24.2 Å². The van der Waals surface area contributed by atoms with E-state index in [9.17, 15) is 9.59 Å². The predicted octanol–water partition coefficient (Wildman–Crippen LogP) is 1.50. The van der Waals surface area contributed by atoms with Crippen molar-refractivity contribution in [2.24, 2.45) is 10.9 Å². The third kappa shape index (κ3) is 3.23. The van der Waals surface area contributed by atoms with Crippen LogP contribution in [0.25, 0.3) is 0 Å². The number of fused-ring (bicyclic) bond motifs is 1. The lowest BCUT2D eigenvalue weighted by atomic mass is 10.1. The second-order valence-electron chi connectivity index (χ2n) is 5.60. The summed E-state index contributed by atoms with van der Waals surface area (Å²) in [6.07, 6.45) is 3.52. The molecule has 0 aliphatic carbocycles. The number of carbonyl (C=O) groups excluding carboxylic acids is 2. The van der Waals surface area contributed by atoms with Crippen LogP contribution in [0.5, 0.6) is 0 Å². The van der Waals surface area contributed by atoms with Crippen molar-refractivity contribution in [3.05, 3.63) is 12.2 Å². The summed E-state index contributed by atoms with van der Waals surface area (Å²) in [6, 6.07) is -0.815. The molecular formula is C14H22N4O2S. The zero-order valence-corrected chi connectivity index (χ0v) is 13.7. The number of hydrogen-bond acceptors (Lipinski definition) is 5. The Morgan fingerprint density at radius 1 is 1.43 bits per heavy atom. The van der Waals surface area contributed by atoms with Crippen LogP contribution in [0.15, 0.2) is 17.1 Å². The minimum absolute atomic E-state index is 0.267. The first-order chi connectivity index (χ1) is 9.95. The van der Waals surface area contributed by atoms with Crippen molar-refractivity contribution in [2.45, 2.75) is 33.0 Å². The number of likely N-dealkylation sites (N-methyl/N-ethyl adjacent to an activating group) is 1. The Morgan fingerprint density at radius 3 is 2.76 bits per heavy atom. The van der Waals surface area contributed by atoms with Gasteiger partial charge >= 0.3 is 6.03 Å². The van der Waals surface area contributed by atoms with Gasteiger partial charge in [-0.15, -0.1) is 0 Å². The normalized spacial score (nSPS) is 25.7. The Kier molecular flexibility index (Phi) is 4.92. The van der Waals surface area contributed by atoms with Crippen molar-refractivity contribution < 1.29 is 9.59 Å². The van der Waals surface area contributed by atoms with Crippen LogP contribution in [-0.4, -0.2) is 58.5 Å². The molecule has 0 aromatic heterocycles. The summed E-state index contributed by atoms with van der Waals surface area (Å²) in [5.41, 5.74) is 0. The van der Waals surface area contributed by atoms with Crippen LogP contribution in [0.1, 0.15) is 20.8 Å². The van der Waals surface area contributed by atoms with Crippen molar-refractivity contribution in [1.29, 1.82) is 0 Å². The molecule has 2 rings (SSSR count). The van der Waals surface area contributed by atoms with E-state index in [1.807, 2.05) is 24.0 Å². The zero-order valence-electron chi connectivity index (χ0n) is 12.9. The highest BCUT2D eigenvalue weighted by atomic mass is 32.2. The molecule has 1 fully saturated rings. The lowest BCUT2D eigenvalue weighted by Gasteiger charge is -2.35. The van der Waals surface area contributed by atoms with E-state index >= 15 is 0 Å². The van der Waals surface area contributed by atoms with Gasteiger partial charge in [-0.25, -0.2) is 9.79 Å². The summed E-state index contributed by atoms with van der Waals surface area (Å²) in [7, 11) is 1.67. The summed E-state index contributed by atoms with van der Waals surface area (Å²) in [6.45, 7) is 6.86. The second-order valence-corrected chi connectivity index (χ2v) is 6.59. The number of carbonyl (C=O) groups is 2. The molecular weight excluding hydrogens is 288 g/mol. The maximum atomic E-state index is 12.2. The third-order valence-corrected chi connectivity index (χ3v) is 4.84. The van der Waals surface area contributed by atoms with Crippen molar-refractivity contribution >= 4 is 28.9 Å². The van der Waals surface area contributed by atoms with Crippen LogP contribution in [0.3, 0.4) is 0 Å². The Labute approximate surface area is 129 Å². The van der Waals surface area contributed by atoms with Gasteiger partial charge in [0.2, 0.25) is 0 Å². The van der Waals surface area contributed by atoms with Crippen LogP contribution in [0.2, 0.25) is 0 Å². The van der Waals surface area contributed by atoms with Gasteiger partial charge in [-0.3, -0.25) is 10.1 Å². The minimum atomic E-state index is -0.432. The van der Waals surface area contributed by atoms with Gasteiger partial charge in [0.25, 0.3) is 5.91 Å². The first-order valence-electron chi connectivity index (χ1n) is 7.11. The largest absolute Gasteiger partial charge is 0.332 e. The maximum Gasteiger partial charge on any atom is 0.325 e. The van der Waals surface area contributed by atoms with E-state index in [1.165, 1.54) is 4.90 Å². The van der Waals surface area contributed by atoms with Gasteiger partial charge < -0.3 is 9.80 Å². The number of thioether (sulfide) groups is 1. The second kappa shape index (κ2) is 6.51. The smallest absolute Gasteiger partial charge is 0.325 e. The SMILES string of the molecule is C/C=C/CN1C(SCC(C)C)=NC2C1C(=O)NC(=O)N2C. The molecule has 1 saturated heterocycles. The lowest BCUT2D eigenvalue weighted by Crippen LogP contribution is -2.63. The Hall–Kier alpha value is -1.50. The molecule has 2 atom stereocenters. The molecule has 2 aliphatic rings. The number of aliphatic imine (C=N–C) groups is 1. The number of allylic oxidation sites excluding steroid dienone is 1. The first kappa shape index (κ1) is 15.9. The summed E-state index contributed by atoms with van der Waals surface area (Å²) in [5, 5.41) is 3.23. The maximum absolute atomic E-state index is 12.2. The molecule has 3 amide bonds. The van der Waals surface area contributed by atoms with Crippen LogP contribution < -0.4 is 5.32 Å². The number of urea groups is 1. The highest BCUT2D eigenvalue weighted by Crippen LogP contribution is 2.29. The topological polar surface area (TPSA) is 65.0 Å². The molecule has 2 heterocycles. The van der Waals surface area contributed by atoms with E-state index < -0.39 is 12.2 Å². The first-order valence-corrected chi connectivity index (χ1v) is 8.10. The Balaban J connectivity index is 2.24. The Morgan fingerprint density at radius 2 is 2.14 bits per heavy atom. The number of hydrogen-bond donors (Lipinski definition) is 1. The number of amides is 3. The molecule has 0 radical (unpaired) electrons. The van der Waals surface area contributed by atoms with Crippen LogP contribution in [0, 0.1) is 5.92 Å². The van der Waals surface area contributed by atoms with E-state index in [0.29, 0.717) is 12.5 Å². The number of amidine groups is 1. The third-order valence-electron chi connectivity index (χ3n) is 3.41. The summed E-state index contributed by atoms with van der Waals surface area (Å²) in [4.78, 5) is 32.0. The molecule has 1 N–H and O–H groups in total. The fraction of sp³-hybridized carbons (Fsp3) is 0.643. The van der Waals surface area contributed by atoms with Gasteiger partial charge in [0.05, 0.1) is 0 Å². The predicted molar refractivity (Wildman–Crippen MR) is 85.1 cm³/mol. The zero-order chi connectivity index (χ0) is 15.6. The van der Waals surface area contributed by atoms with Gasteiger partial charge in [0.1, 0.15) is 0 Å². The number of rotatable bonds is 4. The van der Waals surface area contributed by atoms with Crippen LogP contribution in [0.4, 0.5) is 4.79 Å². The quantitative estimate of drug-likeness (QED) is 0.799. The molecule has 0 aromatic carbocycles. The molecule has 21 heavy (non-hydrogen) atoms. The molecule has 2 aliphatic heterocycles. The fourth-order valence-electron chi connectivity index (χ4n) is 2.27. The number of nitrogens with one attached hydrogen (secondary N) is 1. The molecule has 0 aromatic rings. The highest BCUT2D eigenvalue weighted by molar-refractivity contribution is 8.13. The monoisotopic (exact) mass is 310 g/mol. The molecule has 0 spiro atoms. The molecule has 7 heteroatoms. The number of nitrogens with zero attached hydrogens (tertiary/aromatic N) is 3. The van der Waals surface area contributed by atoms with E-state index in [1.54, 1.807) is 18.8 Å². The summed E-state index contributed by atoms with van der Waals surface area (Å²) < 4.78 is 0. The molecule has 0 bridgehead atoms. The van der Waals surface area contributed by atoms with Gasteiger partial charge in [0.15, 0.2) is 17.4 Å². The van der Waals surface area contributed by atoms with Gasteiger partial charge in [-0.1, -0.05) is 37.8 Å². The summed E-state index contributed by atoms with van der Waals surface area (Å²) in [5.74, 6) is 1.21. The van der Waals surface area contributed by atoms with Crippen LogP contribution in [-0.2, 0) is 4.79 Å². The van der Waals surface area contributed by atoms with Crippen LogP contribution >= 0.6 is 11.8 Å². The van der Waals surface area contributed by atoms with Crippen molar-refractivity contribution in [3.8, 4) is 0 Å². The molecule has 6 nitrogen and oxygen atoms in total. The van der Waals surface area contributed by atoms with Gasteiger partial charge in [0, 0.05) is 19.3 Å². The molecule has 0 saturated carbocycles. The van der Waals surface area contributed by atoms with Crippen molar-refractivity contribution in [1.82, 2.24) is 15.1 Å². The Bertz CT molecular complexity index is 489. The number of imide groups is 1. The van der Waals surface area contributed by atoms with Crippen molar-refractivity contribution in [3.63, 3.8) is 0 Å². The van der Waals surface area contributed by atoms with E-state index in [-0.39, 0.29) is 11.9 Å². The summed E-state index contributed by atoms with van der Waals surface area (Å²) >= 11 is 1.65. The minimum Gasteiger partial charge on any atom is -0.332 e. The van der Waals surface area contributed by atoms with E-state index in [0.717, 1.165) is 10.9 Å². The average Bonchev–Trinajstić information content (AvgIpc) is 2.79. The lowest BCUT2D eigenvalue weighted by molar-refractivity contribution is -0.126. The van der Waals surface area contributed by atoms with Crippen molar-refractivity contribution in [2.75, 3.05) is 19.3 Å². The highest BCUT2D eigenvalue weighted by Gasteiger charge is 2.48. The van der Waals surface area contributed by atoms with Gasteiger partial charge in [-0.05, 0) is 12.8 Å². The van der Waals surface area contributed by atoms with E-state index in [4.69, 9.17) is 0 Å². The molecule has 116 valence electrons.